The lowest BCUT2D eigenvalue weighted by atomic mass is 10.1. The Bertz CT molecular complexity index is 599. The Kier molecular flexibility index (Phi) is 2.85. The van der Waals surface area contributed by atoms with E-state index in [1.54, 1.807) is 17.8 Å². The van der Waals surface area contributed by atoms with Gasteiger partial charge in [0.25, 0.3) is 0 Å². The fraction of sp³-hybridized carbons (Fsp3) is 0.545. The molecule has 2 unspecified atom stereocenters. The fourth-order valence-corrected chi connectivity index (χ4v) is 2.36. The van der Waals surface area contributed by atoms with Gasteiger partial charge in [0, 0.05) is 6.42 Å². The number of anilines is 1. The molecule has 0 bridgehead atoms. The SMILES string of the molecule is C[C@H](O)C1O[C@@H](n2cnc3c(N)ncnc32)CC1O. The van der Waals surface area contributed by atoms with E-state index in [1.807, 2.05) is 0 Å². The van der Waals surface area contributed by atoms with E-state index in [0.717, 1.165) is 0 Å². The molecule has 0 saturated carbocycles. The highest BCUT2D eigenvalue weighted by Gasteiger charge is 2.38. The molecule has 1 aliphatic heterocycles. The molecular formula is C11H15N5O3. The third-order valence-corrected chi connectivity index (χ3v) is 3.31. The van der Waals surface area contributed by atoms with Gasteiger partial charge in [0.2, 0.25) is 0 Å². The lowest BCUT2D eigenvalue weighted by Gasteiger charge is -2.17. The number of ether oxygens (including phenoxy) is 1. The first kappa shape index (κ1) is 12.3. The number of aliphatic hydroxyl groups excluding tert-OH is 2. The molecule has 4 atom stereocenters. The average Bonchev–Trinajstić information content (AvgIpc) is 2.93. The molecule has 0 aromatic carbocycles. The van der Waals surface area contributed by atoms with Crippen LogP contribution in [0.15, 0.2) is 12.7 Å². The van der Waals surface area contributed by atoms with Crippen molar-refractivity contribution in [3.63, 3.8) is 0 Å². The molecule has 4 N–H and O–H groups in total. The second kappa shape index (κ2) is 4.41. The van der Waals surface area contributed by atoms with Gasteiger partial charge >= 0.3 is 0 Å². The van der Waals surface area contributed by atoms with Crippen molar-refractivity contribution in [3.8, 4) is 0 Å². The first-order valence-electron chi connectivity index (χ1n) is 6.02. The highest BCUT2D eigenvalue weighted by Crippen LogP contribution is 2.32. The minimum Gasteiger partial charge on any atom is -0.391 e. The quantitative estimate of drug-likeness (QED) is 0.665. The summed E-state index contributed by atoms with van der Waals surface area (Å²) < 4.78 is 7.34. The van der Waals surface area contributed by atoms with Gasteiger partial charge < -0.3 is 20.7 Å². The molecule has 102 valence electrons. The van der Waals surface area contributed by atoms with Gasteiger partial charge in [-0.05, 0) is 6.92 Å². The van der Waals surface area contributed by atoms with E-state index in [9.17, 15) is 10.2 Å². The van der Waals surface area contributed by atoms with Crippen LogP contribution in [0, 0.1) is 0 Å². The monoisotopic (exact) mass is 265 g/mol. The summed E-state index contributed by atoms with van der Waals surface area (Å²) in [5.74, 6) is 0.300. The molecule has 2 aromatic rings. The lowest BCUT2D eigenvalue weighted by Crippen LogP contribution is -2.32. The molecule has 8 heteroatoms. The summed E-state index contributed by atoms with van der Waals surface area (Å²) in [5, 5.41) is 19.4. The highest BCUT2D eigenvalue weighted by molar-refractivity contribution is 5.81. The summed E-state index contributed by atoms with van der Waals surface area (Å²) in [6.45, 7) is 1.59. The number of aliphatic hydroxyl groups is 2. The van der Waals surface area contributed by atoms with Crippen LogP contribution in [0.4, 0.5) is 5.82 Å². The van der Waals surface area contributed by atoms with Gasteiger partial charge in [-0.3, -0.25) is 4.57 Å². The molecule has 8 nitrogen and oxygen atoms in total. The molecule has 3 heterocycles. The van der Waals surface area contributed by atoms with Gasteiger partial charge in [-0.1, -0.05) is 0 Å². The number of nitrogens with two attached hydrogens (primary N) is 1. The van der Waals surface area contributed by atoms with Crippen molar-refractivity contribution in [2.45, 2.75) is 37.9 Å². The number of aromatic nitrogens is 4. The first-order chi connectivity index (χ1) is 9.08. The molecule has 0 spiro atoms. The summed E-state index contributed by atoms with van der Waals surface area (Å²) in [6.07, 6.45) is 0.780. The van der Waals surface area contributed by atoms with Crippen LogP contribution in [0.3, 0.4) is 0 Å². The molecule has 2 aromatic heterocycles. The van der Waals surface area contributed by atoms with E-state index >= 15 is 0 Å². The van der Waals surface area contributed by atoms with Crippen LogP contribution >= 0.6 is 0 Å². The largest absolute Gasteiger partial charge is 0.391 e. The normalized spacial score (nSPS) is 28.9. The highest BCUT2D eigenvalue weighted by atomic mass is 16.5. The zero-order chi connectivity index (χ0) is 13.6. The van der Waals surface area contributed by atoms with Crippen LogP contribution in [0.1, 0.15) is 19.6 Å². The van der Waals surface area contributed by atoms with E-state index in [4.69, 9.17) is 10.5 Å². The maximum Gasteiger partial charge on any atom is 0.167 e. The molecule has 0 amide bonds. The number of hydrogen-bond acceptors (Lipinski definition) is 7. The van der Waals surface area contributed by atoms with Crippen molar-refractivity contribution in [2.24, 2.45) is 0 Å². The van der Waals surface area contributed by atoms with Crippen LogP contribution in [0.2, 0.25) is 0 Å². The molecule has 19 heavy (non-hydrogen) atoms. The predicted octanol–water partition coefficient (Wildman–Crippen LogP) is -0.562. The second-order valence-corrected chi connectivity index (χ2v) is 4.68. The maximum absolute atomic E-state index is 9.88. The Morgan fingerprint density at radius 2 is 2.26 bits per heavy atom. The summed E-state index contributed by atoms with van der Waals surface area (Å²) in [7, 11) is 0. The Labute approximate surface area is 108 Å². The number of hydrogen-bond donors (Lipinski definition) is 3. The topological polar surface area (TPSA) is 119 Å². The Hall–Kier alpha value is -1.77. The van der Waals surface area contributed by atoms with Crippen molar-refractivity contribution in [3.05, 3.63) is 12.7 Å². The molecule has 1 saturated heterocycles. The van der Waals surface area contributed by atoms with Gasteiger partial charge in [0.1, 0.15) is 24.2 Å². The second-order valence-electron chi connectivity index (χ2n) is 4.68. The first-order valence-corrected chi connectivity index (χ1v) is 6.02. The molecule has 1 aliphatic rings. The summed E-state index contributed by atoms with van der Waals surface area (Å²) in [5.41, 5.74) is 6.77. The summed E-state index contributed by atoms with van der Waals surface area (Å²) in [4.78, 5) is 12.1. The lowest BCUT2D eigenvalue weighted by molar-refractivity contribution is -0.0750. The van der Waals surface area contributed by atoms with Gasteiger partial charge in [-0.25, -0.2) is 15.0 Å². The maximum atomic E-state index is 9.88. The number of rotatable bonds is 2. The third kappa shape index (κ3) is 1.93. The van der Waals surface area contributed by atoms with E-state index in [2.05, 4.69) is 15.0 Å². The van der Waals surface area contributed by atoms with E-state index in [0.29, 0.717) is 23.4 Å². The number of nitrogens with zero attached hydrogens (tertiary/aromatic N) is 4. The number of fused-ring (bicyclic) bond motifs is 1. The van der Waals surface area contributed by atoms with Gasteiger partial charge in [0.05, 0.1) is 18.5 Å². The van der Waals surface area contributed by atoms with Crippen molar-refractivity contribution >= 4 is 17.0 Å². The standard InChI is InChI=1S/C11H15N5O3/c1-5(17)9-6(18)2-7(19-9)16-4-15-8-10(12)13-3-14-11(8)16/h3-7,9,17-18H,2H2,1H3,(H2,12,13,14)/t5-,6?,7+,9?/m0/s1. The van der Waals surface area contributed by atoms with Gasteiger partial charge in [0.15, 0.2) is 11.5 Å². The van der Waals surface area contributed by atoms with Gasteiger partial charge in [-0.15, -0.1) is 0 Å². The smallest absolute Gasteiger partial charge is 0.167 e. The minimum absolute atomic E-state index is 0.300. The Morgan fingerprint density at radius 3 is 2.95 bits per heavy atom. The van der Waals surface area contributed by atoms with Crippen molar-refractivity contribution < 1.29 is 14.9 Å². The number of imidazole rings is 1. The zero-order valence-corrected chi connectivity index (χ0v) is 10.3. The average molecular weight is 265 g/mol. The van der Waals surface area contributed by atoms with Crippen LogP contribution < -0.4 is 5.73 Å². The summed E-state index contributed by atoms with van der Waals surface area (Å²) in [6, 6.07) is 0. The van der Waals surface area contributed by atoms with E-state index in [-0.39, 0.29) is 0 Å². The zero-order valence-electron chi connectivity index (χ0n) is 10.3. The molecule has 0 aliphatic carbocycles. The fourth-order valence-electron chi connectivity index (χ4n) is 2.36. The molecule has 1 fully saturated rings. The molecular weight excluding hydrogens is 250 g/mol. The van der Waals surface area contributed by atoms with Crippen LogP contribution in [-0.4, -0.2) is 48.0 Å². The van der Waals surface area contributed by atoms with Crippen molar-refractivity contribution in [1.29, 1.82) is 0 Å². The molecule has 0 radical (unpaired) electrons. The minimum atomic E-state index is -0.741. The van der Waals surface area contributed by atoms with E-state index < -0.39 is 24.5 Å². The van der Waals surface area contributed by atoms with Crippen molar-refractivity contribution in [2.75, 3.05) is 5.73 Å². The third-order valence-electron chi connectivity index (χ3n) is 3.31. The van der Waals surface area contributed by atoms with Crippen molar-refractivity contribution in [1.82, 2.24) is 19.5 Å². The summed E-state index contributed by atoms with van der Waals surface area (Å²) >= 11 is 0. The number of nitrogen functional groups attached to an aromatic ring is 1. The Morgan fingerprint density at radius 1 is 1.47 bits per heavy atom. The van der Waals surface area contributed by atoms with Crippen LogP contribution in [0.5, 0.6) is 0 Å². The molecule has 3 rings (SSSR count). The predicted molar refractivity (Wildman–Crippen MR) is 66.0 cm³/mol. The Balaban J connectivity index is 1.96. The van der Waals surface area contributed by atoms with Crippen LogP contribution in [0.25, 0.3) is 11.2 Å². The van der Waals surface area contributed by atoms with Crippen LogP contribution in [-0.2, 0) is 4.74 Å². The van der Waals surface area contributed by atoms with Gasteiger partial charge in [-0.2, -0.15) is 0 Å². The van der Waals surface area contributed by atoms with E-state index in [1.165, 1.54) is 6.33 Å².